The summed E-state index contributed by atoms with van der Waals surface area (Å²) in [7, 11) is 1.42. The molecular weight excluding hydrogens is 386 g/mol. The summed E-state index contributed by atoms with van der Waals surface area (Å²) in [4.78, 5) is 10.5. The molecule has 0 aliphatic rings. The van der Waals surface area contributed by atoms with Crippen molar-refractivity contribution in [3.05, 3.63) is 51.0 Å². The summed E-state index contributed by atoms with van der Waals surface area (Å²) in [5, 5.41) is 18.7. The lowest BCUT2D eigenvalue weighted by Gasteiger charge is -2.06. The van der Waals surface area contributed by atoms with Crippen LogP contribution in [0.3, 0.4) is 0 Å². The highest BCUT2D eigenvalue weighted by atomic mass is 79.9. The van der Waals surface area contributed by atoms with E-state index in [1.807, 2.05) is 0 Å². The maximum Gasteiger partial charge on any atom is 0.314 e. The van der Waals surface area contributed by atoms with E-state index in [9.17, 15) is 10.1 Å². The lowest BCUT2D eigenvalue weighted by atomic mass is 10.3. The van der Waals surface area contributed by atoms with Crippen molar-refractivity contribution in [2.75, 3.05) is 7.11 Å². The Morgan fingerprint density at radius 2 is 2.08 bits per heavy atom. The van der Waals surface area contributed by atoms with E-state index in [2.05, 4.69) is 26.1 Å². The smallest absolute Gasteiger partial charge is 0.314 e. The minimum atomic E-state index is -0.558. The van der Waals surface area contributed by atoms with Crippen LogP contribution in [0.2, 0.25) is 0 Å². The lowest BCUT2D eigenvalue weighted by molar-refractivity contribution is -0.386. The fraction of sp³-hybridized carbons (Fsp3) is 0.143. The highest BCUT2D eigenvalue weighted by Crippen LogP contribution is 2.31. The van der Waals surface area contributed by atoms with Gasteiger partial charge in [-0.2, -0.15) is 0 Å². The van der Waals surface area contributed by atoms with E-state index >= 15 is 0 Å². The normalized spacial score (nSPS) is 10.6. The first kappa shape index (κ1) is 16.0. The van der Waals surface area contributed by atoms with Gasteiger partial charge in [-0.05, 0) is 40.2 Å². The molecule has 0 N–H and O–H groups in total. The number of nitro benzene ring substituents is 1. The van der Waals surface area contributed by atoms with Gasteiger partial charge in [-0.1, -0.05) is 0 Å². The highest BCUT2D eigenvalue weighted by molar-refractivity contribution is 9.10. The second-order valence-corrected chi connectivity index (χ2v) is 5.27. The largest absolute Gasteiger partial charge is 0.496 e. The first-order valence-corrected chi connectivity index (χ1v) is 7.39. The van der Waals surface area contributed by atoms with Gasteiger partial charge < -0.3 is 18.3 Å². The van der Waals surface area contributed by atoms with Crippen LogP contribution >= 0.6 is 15.9 Å². The molecule has 124 valence electrons. The second kappa shape index (κ2) is 6.71. The minimum Gasteiger partial charge on any atom is -0.496 e. The number of ether oxygens (including phenoxy) is 2. The molecule has 2 heterocycles. The molecule has 0 spiro atoms. The number of nitro groups is 1. The zero-order valence-corrected chi connectivity index (χ0v) is 13.8. The number of hydrogen-bond donors (Lipinski definition) is 0. The van der Waals surface area contributed by atoms with Crippen LogP contribution in [0, 0.1) is 10.1 Å². The predicted octanol–water partition coefficient (Wildman–Crippen LogP) is 3.59. The number of benzene rings is 1. The third-order valence-electron chi connectivity index (χ3n) is 2.96. The van der Waals surface area contributed by atoms with Crippen molar-refractivity contribution in [2.45, 2.75) is 6.61 Å². The Hall–Kier alpha value is -2.88. The predicted molar refractivity (Wildman–Crippen MR) is 83.7 cm³/mol. The van der Waals surface area contributed by atoms with Crippen molar-refractivity contribution in [1.29, 1.82) is 0 Å². The zero-order valence-electron chi connectivity index (χ0n) is 12.3. The van der Waals surface area contributed by atoms with Gasteiger partial charge in [-0.25, -0.2) is 0 Å². The summed E-state index contributed by atoms with van der Waals surface area (Å²) in [5.74, 6) is 1.17. The molecule has 0 radical (unpaired) electrons. The minimum absolute atomic E-state index is 0.0706. The van der Waals surface area contributed by atoms with Gasteiger partial charge >= 0.3 is 5.69 Å². The van der Waals surface area contributed by atoms with Gasteiger partial charge in [0.15, 0.2) is 22.8 Å². The molecule has 0 unspecified atom stereocenters. The first-order chi connectivity index (χ1) is 11.6. The van der Waals surface area contributed by atoms with Crippen LogP contribution in [0.5, 0.6) is 11.5 Å². The molecule has 24 heavy (non-hydrogen) atoms. The Morgan fingerprint density at radius 3 is 2.75 bits per heavy atom. The van der Waals surface area contributed by atoms with Gasteiger partial charge in [-0.3, -0.25) is 10.1 Å². The summed E-state index contributed by atoms with van der Waals surface area (Å²) < 4.78 is 21.6. The molecule has 0 saturated carbocycles. The molecular formula is C14H10BrN3O6. The Kier molecular flexibility index (Phi) is 4.47. The molecule has 3 rings (SSSR count). The number of halogens is 1. The van der Waals surface area contributed by atoms with Crippen LogP contribution in [-0.2, 0) is 6.61 Å². The molecule has 2 aromatic heterocycles. The molecule has 0 aliphatic carbocycles. The molecule has 0 atom stereocenters. The molecule has 0 aliphatic heterocycles. The van der Waals surface area contributed by atoms with Gasteiger partial charge in [0.1, 0.15) is 5.75 Å². The molecule has 0 bridgehead atoms. The molecule has 1 aromatic carbocycles. The molecule has 9 nitrogen and oxygen atoms in total. The zero-order chi connectivity index (χ0) is 17.1. The number of hydrogen-bond acceptors (Lipinski definition) is 8. The van der Waals surface area contributed by atoms with E-state index in [4.69, 9.17) is 18.3 Å². The van der Waals surface area contributed by atoms with Crippen molar-refractivity contribution in [3.63, 3.8) is 0 Å². The SMILES string of the molecule is COc1ccc(OCc2nnc(-c3ccc(Br)o3)o2)c([N+](=O)[O-])c1. The van der Waals surface area contributed by atoms with Gasteiger partial charge in [0.2, 0.25) is 0 Å². The quantitative estimate of drug-likeness (QED) is 0.459. The van der Waals surface area contributed by atoms with Crippen molar-refractivity contribution >= 4 is 21.6 Å². The number of nitrogens with zero attached hydrogens (tertiary/aromatic N) is 3. The highest BCUT2D eigenvalue weighted by Gasteiger charge is 2.18. The number of furan rings is 1. The monoisotopic (exact) mass is 395 g/mol. The molecule has 10 heteroatoms. The second-order valence-electron chi connectivity index (χ2n) is 4.48. The maximum absolute atomic E-state index is 11.1. The average molecular weight is 396 g/mol. The lowest BCUT2D eigenvalue weighted by Crippen LogP contribution is -2.00. The van der Waals surface area contributed by atoms with E-state index < -0.39 is 4.92 Å². The summed E-state index contributed by atoms with van der Waals surface area (Å²) >= 11 is 3.18. The first-order valence-electron chi connectivity index (χ1n) is 6.60. The summed E-state index contributed by atoms with van der Waals surface area (Å²) in [6, 6.07) is 7.63. The van der Waals surface area contributed by atoms with Crippen molar-refractivity contribution in [2.24, 2.45) is 0 Å². The molecule has 0 fully saturated rings. The van der Waals surface area contributed by atoms with E-state index in [1.165, 1.54) is 19.2 Å². The van der Waals surface area contributed by atoms with E-state index in [1.54, 1.807) is 18.2 Å². The van der Waals surface area contributed by atoms with Crippen molar-refractivity contribution < 1.29 is 23.2 Å². The standard InChI is InChI=1S/C14H10BrN3O6/c1-21-8-2-3-10(9(6-8)18(19)20)22-7-13-16-17-14(24-13)11-4-5-12(15)23-11/h2-6H,7H2,1H3. The average Bonchev–Trinajstić information content (AvgIpc) is 3.21. The summed E-state index contributed by atoms with van der Waals surface area (Å²) in [6.45, 7) is -0.123. The van der Waals surface area contributed by atoms with Gasteiger partial charge in [0, 0.05) is 0 Å². The Labute approximate surface area is 143 Å². The van der Waals surface area contributed by atoms with E-state index in [0.29, 0.717) is 16.2 Å². The number of methoxy groups -OCH3 is 1. The third kappa shape index (κ3) is 3.38. The van der Waals surface area contributed by atoms with E-state index in [0.717, 1.165) is 0 Å². The van der Waals surface area contributed by atoms with Gasteiger partial charge in [-0.15, -0.1) is 10.2 Å². The third-order valence-corrected chi connectivity index (χ3v) is 3.39. The molecule has 3 aromatic rings. The van der Waals surface area contributed by atoms with Crippen LogP contribution in [-0.4, -0.2) is 22.2 Å². The van der Waals surface area contributed by atoms with Crippen molar-refractivity contribution in [1.82, 2.24) is 10.2 Å². The maximum atomic E-state index is 11.1. The fourth-order valence-electron chi connectivity index (χ4n) is 1.87. The van der Waals surface area contributed by atoms with Crippen LogP contribution in [0.15, 0.2) is 43.8 Å². The summed E-state index contributed by atoms with van der Waals surface area (Å²) in [6.07, 6.45) is 0. The van der Waals surface area contributed by atoms with Gasteiger partial charge in [0.05, 0.1) is 18.1 Å². The number of rotatable bonds is 6. The fourth-order valence-corrected chi connectivity index (χ4v) is 2.18. The topological polar surface area (TPSA) is 114 Å². The summed E-state index contributed by atoms with van der Waals surface area (Å²) in [5.41, 5.74) is -0.218. The van der Waals surface area contributed by atoms with Gasteiger partial charge in [0.25, 0.3) is 11.8 Å². The van der Waals surface area contributed by atoms with Crippen LogP contribution in [0.25, 0.3) is 11.7 Å². The Morgan fingerprint density at radius 1 is 1.25 bits per heavy atom. The molecule has 0 saturated heterocycles. The van der Waals surface area contributed by atoms with E-state index in [-0.39, 0.29) is 29.8 Å². The Bertz CT molecular complexity index is 875. The number of aromatic nitrogens is 2. The van der Waals surface area contributed by atoms with Crippen LogP contribution in [0.1, 0.15) is 5.89 Å². The Balaban J connectivity index is 1.74. The molecule has 0 amide bonds. The van der Waals surface area contributed by atoms with Crippen LogP contribution in [0.4, 0.5) is 5.69 Å². The van der Waals surface area contributed by atoms with Crippen LogP contribution < -0.4 is 9.47 Å². The van der Waals surface area contributed by atoms with Crippen molar-refractivity contribution in [3.8, 4) is 23.1 Å².